The number of rotatable bonds is 5. The van der Waals surface area contributed by atoms with Crippen molar-refractivity contribution in [2.75, 3.05) is 7.11 Å². The van der Waals surface area contributed by atoms with Crippen molar-refractivity contribution in [1.82, 2.24) is 0 Å². The number of aliphatic hydroxyl groups is 1. The Bertz CT molecular complexity index is 636. The molecule has 0 aromatic rings. The summed E-state index contributed by atoms with van der Waals surface area (Å²) in [5.41, 5.74) is 2.52. The fourth-order valence-electron chi connectivity index (χ4n) is 8.50. The predicted molar refractivity (Wildman–Crippen MR) is 121 cm³/mol. The molecule has 0 aliphatic heterocycles. The lowest BCUT2D eigenvalue weighted by Crippen LogP contribution is -2.50. The van der Waals surface area contributed by atoms with E-state index in [4.69, 9.17) is 4.74 Å². The third-order valence-corrected chi connectivity index (χ3v) is 10.6. The van der Waals surface area contributed by atoms with Crippen LogP contribution in [0.2, 0.25) is 0 Å². The highest BCUT2D eigenvalue weighted by atomic mass is 16.5. The van der Waals surface area contributed by atoms with E-state index in [1.807, 2.05) is 7.11 Å². The van der Waals surface area contributed by atoms with Crippen LogP contribution in [0.25, 0.3) is 0 Å². The van der Waals surface area contributed by atoms with Gasteiger partial charge in [-0.05, 0) is 118 Å². The van der Waals surface area contributed by atoms with Crippen LogP contribution in [0.1, 0.15) is 98.8 Å². The fraction of sp³-hybridized carbons (Fsp3) is 0.926. The van der Waals surface area contributed by atoms with Gasteiger partial charge < -0.3 is 9.84 Å². The molecule has 0 bridgehead atoms. The van der Waals surface area contributed by atoms with Crippen LogP contribution in [0.4, 0.5) is 0 Å². The second kappa shape index (κ2) is 7.66. The number of hydrogen-bond donors (Lipinski definition) is 1. The van der Waals surface area contributed by atoms with E-state index in [-0.39, 0.29) is 11.7 Å². The molecule has 0 saturated heterocycles. The van der Waals surface area contributed by atoms with Gasteiger partial charge in [0.05, 0.1) is 11.7 Å². The highest BCUT2D eigenvalue weighted by Crippen LogP contribution is 2.67. The van der Waals surface area contributed by atoms with Gasteiger partial charge in [0.2, 0.25) is 0 Å². The van der Waals surface area contributed by atoms with Crippen LogP contribution >= 0.6 is 0 Å². The van der Waals surface area contributed by atoms with Crippen molar-refractivity contribution in [3.05, 3.63) is 11.6 Å². The van der Waals surface area contributed by atoms with Crippen LogP contribution in [0.15, 0.2) is 11.6 Å². The quantitative estimate of drug-likeness (QED) is 0.514. The summed E-state index contributed by atoms with van der Waals surface area (Å²) in [6, 6.07) is 0. The Labute approximate surface area is 179 Å². The molecule has 0 spiro atoms. The second-order valence-corrected chi connectivity index (χ2v) is 12.4. The summed E-state index contributed by atoms with van der Waals surface area (Å²) in [7, 11) is 1.86. The average molecular weight is 403 g/mol. The maximum Gasteiger partial charge on any atom is 0.0622 e. The number of hydrogen-bond acceptors (Lipinski definition) is 2. The van der Waals surface area contributed by atoms with E-state index in [0.717, 1.165) is 42.4 Å². The van der Waals surface area contributed by atoms with Crippen molar-refractivity contribution in [3.63, 3.8) is 0 Å². The minimum Gasteiger partial charge on any atom is -0.393 e. The van der Waals surface area contributed by atoms with Crippen LogP contribution in [0.3, 0.4) is 0 Å². The smallest absolute Gasteiger partial charge is 0.0622 e. The van der Waals surface area contributed by atoms with Gasteiger partial charge in [0.1, 0.15) is 0 Å². The van der Waals surface area contributed by atoms with Gasteiger partial charge in [-0.3, -0.25) is 0 Å². The number of allylic oxidation sites excluding steroid dienone is 1. The third kappa shape index (κ3) is 3.65. The SMILES string of the molecule is COC(C)(C)CC[C@@H](C)[C@H]1CC[C@H]2[C@@H]3CC=C4C[C@@H](O)CC[C@]4(C)[C@H]3CC[C@]12C. The number of aliphatic hydroxyl groups excluding tert-OH is 1. The topological polar surface area (TPSA) is 29.5 Å². The first kappa shape index (κ1) is 21.9. The average Bonchev–Trinajstić information content (AvgIpc) is 3.04. The molecule has 0 amide bonds. The molecule has 4 aliphatic rings. The second-order valence-electron chi connectivity index (χ2n) is 12.4. The Hall–Kier alpha value is -0.340. The molecule has 1 N–H and O–H groups in total. The number of methoxy groups -OCH3 is 1. The van der Waals surface area contributed by atoms with Gasteiger partial charge in [0, 0.05) is 7.11 Å². The van der Waals surface area contributed by atoms with Gasteiger partial charge >= 0.3 is 0 Å². The summed E-state index contributed by atoms with van der Waals surface area (Å²) in [5, 5.41) is 10.2. The van der Waals surface area contributed by atoms with Crippen LogP contribution < -0.4 is 0 Å². The van der Waals surface area contributed by atoms with E-state index in [1.54, 1.807) is 5.57 Å². The predicted octanol–water partition coefficient (Wildman–Crippen LogP) is 6.77. The van der Waals surface area contributed by atoms with Crippen molar-refractivity contribution in [1.29, 1.82) is 0 Å². The lowest BCUT2D eigenvalue weighted by Gasteiger charge is -2.58. The fourth-order valence-corrected chi connectivity index (χ4v) is 8.50. The zero-order valence-electron chi connectivity index (χ0n) is 20.0. The van der Waals surface area contributed by atoms with E-state index < -0.39 is 0 Å². The van der Waals surface area contributed by atoms with Crippen LogP contribution in [0.5, 0.6) is 0 Å². The van der Waals surface area contributed by atoms with Crippen molar-refractivity contribution in [2.45, 2.75) is 111 Å². The molecule has 3 saturated carbocycles. The van der Waals surface area contributed by atoms with Crippen LogP contribution in [0, 0.1) is 40.4 Å². The normalized spacial score (nSPS) is 45.8. The molecule has 0 radical (unpaired) electrons. The molecule has 0 unspecified atom stereocenters. The lowest BCUT2D eigenvalue weighted by atomic mass is 9.47. The summed E-state index contributed by atoms with van der Waals surface area (Å²) in [5.74, 6) is 4.32. The van der Waals surface area contributed by atoms with Crippen molar-refractivity contribution >= 4 is 0 Å². The molecule has 0 aromatic heterocycles. The molecular weight excluding hydrogens is 356 g/mol. The molecule has 0 heterocycles. The first-order chi connectivity index (χ1) is 13.6. The Kier molecular flexibility index (Phi) is 5.78. The minimum atomic E-state index is -0.0900. The van der Waals surface area contributed by atoms with Crippen LogP contribution in [-0.2, 0) is 4.74 Å². The van der Waals surface area contributed by atoms with Crippen molar-refractivity contribution in [2.24, 2.45) is 40.4 Å². The summed E-state index contributed by atoms with van der Waals surface area (Å²) in [6.07, 6.45) is 15.1. The molecule has 2 nitrogen and oxygen atoms in total. The van der Waals surface area contributed by atoms with E-state index in [9.17, 15) is 5.11 Å². The zero-order chi connectivity index (χ0) is 21.0. The summed E-state index contributed by atoms with van der Waals surface area (Å²) >= 11 is 0. The standard InChI is InChI=1S/C27H46O2/c1-18(11-14-25(2,3)29-6)22-9-10-23-21-8-7-19-17-20(28)12-15-26(19,4)24(21)13-16-27(22,23)5/h7,18,20-24,28H,8-17H2,1-6H3/t18-,20+,21+,22-,23+,24+,26+,27-/m1/s1. The van der Waals surface area contributed by atoms with Gasteiger partial charge in [-0.2, -0.15) is 0 Å². The van der Waals surface area contributed by atoms with Gasteiger partial charge in [0.15, 0.2) is 0 Å². The monoisotopic (exact) mass is 402 g/mol. The minimum absolute atomic E-state index is 0.00946. The maximum absolute atomic E-state index is 10.2. The molecule has 4 rings (SSSR count). The van der Waals surface area contributed by atoms with E-state index >= 15 is 0 Å². The highest BCUT2D eigenvalue weighted by molar-refractivity contribution is 5.25. The highest BCUT2D eigenvalue weighted by Gasteiger charge is 2.59. The molecule has 4 aliphatic carbocycles. The number of ether oxygens (including phenoxy) is 1. The molecular formula is C27H46O2. The Morgan fingerprint density at radius 2 is 1.90 bits per heavy atom. The zero-order valence-corrected chi connectivity index (χ0v) is 20.0. The molecule has 166 valence electrons. The molecule has 29 heavy (non-hydrogen) atoms. The van der Waals surface area contributed by atoms with Gasteiger partial charge in [0.25, 0.3) is 0 Å². The van der Waals surface area contributed by atoms with Gasteiger partial charge in [-0.1, -0.05) is 32.4 Å². The first-order valence-corrected chi connectivity index (χ1v) is 12.5. The van der Waals surface area contributed by atoms with E-state index in [0.29, 0.717) is 10.8 Å². The van der Waals surface area contributed by atoms with E-state index in [1.165, 1.54) is 51.4 Å². The summed E-state index contributed by atoms with van der Waals surface area (Å²) in [4.78, 5) is 0. The van der Waals surface area contributed by atoms with Crippen LogP contribution in [-0.4, -0.2) is 23.9 Å². The molecule has 0 aromatic carbocycles. The Balaban J connectivity index is 1.50. The maximum atomic E-state index is 10.2. The summed E-state index contributed by atoms with van der Waals surface area (Å²) in [6.45, 7) is 12.2. The largest absolute Gasteiger partial charge is 0.393 e. The van der Waals surface area contributed by atoms with Crippen molar-refractivity contribution < 1.29 is 9.84 Å². The number of fused-ring (bicyclic) bond motifs is 5. The van der Waals surface area contributed by atoms with Gasteiger partial charge in [-0.15, -0.1) is 0 Å². The van der Waals surface area contributed by atoms with Gasteiger partial charge in [-0.25, -0.2) is 0 Å². The van der Waals surface area contributed by atoms with E-state index in [2.05, 4.69) is 40.7 Å². The Morgan fingerprint density at radius 3 is 2.62 bits per heavy atom. The summed E-state index contributed by atoms with van der Waals surface area (Å²) < 4.78 is 5.70. The first-order valence-electron chi connectivity index (χ1n) is 12.5. The third-order valence-electron chi connectivity index (χ3n) is 10.6. The Morgan fingerprint density at radius 1 is 1.14 bits per heavy atom. The molecule has 3 fully saturated rings. The van der Waals surface area contributed by atoms with Crippen molar-refractivity contribution in [3.8, 4) is 0 Å². The molecule has 2 heteroatoms. The lowest BCUT2D eigenvalue weighted by molar-refractivity contribution is -0.0593. The molecule has 8 atom stereocenters.